The lowest BCUT2D eigenvalue weighted by atomic mass is 9.96. The van der Waals surface area contributed by atoms with Crippen LogP contribution in [-0.2, 0) is 6.42 Å². The third kappa shape index (κ3) is 5.11. The van der Waals surface area contributed by atoms with Crippen LogP contribution in [0.5, 0.6) is 5.75 Å². The Morgan fingerprint density at radius 2 is 1.91 bits per heavy atom. The van der Waals surface area contributed by atoms with E-state index in [1.807, 2.05) is 42.6 Å². The Labute approximate surface area is 140 Å². The molecule has 0 amide bonds. The first kappa shape index (κ1) is 17.0. The molecule has 22 heavy (non-hydrogen) atoms. The van der Waals surface area contributed by atoms with Gasteiger partial charge >= 0.3 is 0 Å². The van der Waals surface area contributed by atoms with Crippen molar-refractivity contribution in [1.82, 2.24) is 4.98 Å². The molecule has 0 aliphatic carbocycles. The SMILES string of the molecule is CC(C)[C@H](Oc1ccc(Br)cc1)C(O)CCc1cccnc1. The van der Waals surface area contributed by atoms with Gasteiger partial charge in [-0.2, -0.15) is 0 Å². The van der Waals surface area contributed by atoms with Gasteiger partial charge in [-0.25, -0.2) is 0 Å². The molecule has 0 radical (unpaired) electrons. The zero-order valence-electron chi connectivity index (χ0n) is 12.9. The Hall–Kier alpha value is -1.39. The van der Waals surface area contributed by atoms with Gasteiger partial charge in [0.15, 0.2) is 0 Å². The summed E-state index contributed by atoms with van der Waals surface area (Å²) in [4.78, 5) is 4.10. The first-order valence-corrected chi connectivity index (χ1v) is 8.34. The van der Waals surface area contributed by atoms with Crippen LogP contribution in [0, 0.1) is 5.92 Å². The number of pyridine rings is 1. The lowest BCUT2D eigenvalue weighted by Gasteiger charge is -2.27. The van der Waals surface area contributed by atoms with Crippen molar-refractivity contribution in [2.24, 2.45) is 5.92 Å². The van der Waals surface area contributed by atoms with Crippen molar-refractivity contribution in [3.05, 3.63) is 58.8 Å². The van der Waals surface area contributed by atoms with Crippen LogP contribution in [-0.4, -0.2) is 22.3 Å². The van der Waals surface area contributed by atoms with Crippen molar-refractivity contribution in [3.63, 3.8) is 0 Å². The second-order valence-corrected chi connectivity index (χ2v) is 6.66. The highest BCUT2D eigenvalue weighted by molar-refractivity contribution is 9.10. The molecular weight excluding hydrogens is 342 g/mol. The number of hydrogen-bond donors (Lipinski definition) is 1. The highest BCUT2D eigenvalue weighted by Crippen LogP contribution is 2.22. The number of aromatic nitrogens is 1. The van der Waals surface area contributed by atoms with Crippen molar-refractivity contribution in [2.75, 3.05) is 0 Å². The highest BCUT2D eigenvalue weighted by Gasteiger charge is 2.24. The van der Waals surface area contributed by atoms with E-state index in [1.165, 1.54) is 0 Å². The topological polar surface area (TPSA) is 42.4 Å². The summed E-state index contributed by atoms with van der Waals surface area (Å²) in [6, 6.07) is 11.6. The highest BCUT2D eigenvalue weighted by atomic mass is 79.9. The molecule has 2 atom stereocenters. The molecule has 1 N–H and O–H groups in total. The van der Waals surface area contributed by atoms with Crippen LogP contribution in [0.15, 0.2) is 53.3 Å². The Morgan fingerprint density at radius 1 is 1.18 bits per heavy atom. The van der Waals surface area contributed by atoms with Gasteiger partial charge in [0.1, 0.15) is 11.9 Å². The van der Waals surface area contributed by atoms with Crippen molar-refractivity contribution in [2.45, 2.75) is 38.9 Å². The maximum atomic E-state index is 10.5. The maximum absolute atomic E-state index is 10.5. The predicted octanol–water partition coefficient (Wildman–Crippen LogP) is 4.24. The molecule has 0 aliphatic rings. The van der Waals surface area contributed by atoms with Crippen LogP contribution in [0.3, 0.4) is 0 Å². The van der Waals surface area contributed by atoms with Crippen LogP contribution >= 0.6 is 15.9 Å². The van der Waals surface area contributed by atoms with E-state index in [4.69, 9.17) is 4.74 Å². The number of rotatable bonds is 7. The van der Waals surface area contributed by atoms with Crippen LogP contribution in [0.4, 0.5) is 0 Å². The number of benzene rings is 1. The second-order valence-electron chi connectivity index (χ2n) is 5.75. The molecule has 0 saturated heterocycles. The van der Waals surface area contributed by atoms with Crippen molar-refractivity contribution < 1.29 is 9.84 Å². The van der Waals surface area contributed by atoms with Gasteiger partial charge in [-0.05, 0) is 54.7 Å². The molecular formula is C18H22BrNO2. The Kier molecular flexibility index (Phi) is 6.40. The molecule has 1 heterocycles. The van der Waals surface area contributed by atoms with Crippen molar-refractivity contribution >= 4 is 15.9 Å². The molecule has 1 aromatic heterocycles. The average molecular weight is 364 g/mol. The number of halogens is 1. The minimum absolute atomic E-state index is 0.224. The van der Waals surface area contributed by atoms with E-state index in [-0.39, 0.29) is 12.0 Å². The second kappa shape index (κ2) is 8.30. The minimum atomic E-state index is -0.510. The van der Waals surface area contributed by atoms with Gasteiger partial charge in [-0.3, -0.25) is 4.98 Å². The summed E-state index contributed by atoms with van der Waals surface area (Å²) in [6.07, 6.45) is 4.31. The minimum Gasteiger partial charge on any atom is -0.487 e. The average Bonchev–Trinajstić information content (AvgIpc) is 2.52. The molecule has 2 rings (SSSR count). The summed E-state index contributed by atoms with van der Waals surface area (Å²) in [7, 11) is 0. The van der Waals surface area contributed by atoms with E-state index in [0.29, 0.717) is 6.42 Å². The lowest BCUT2D eigenvalue weighted by molar-refractivity contribution is 0.00485. The number of aliphatic hydroxyl groups is 1. The van der Waals surface area contributed by atoms with E-state index in [1.54, 1.807) is 6.20 Å². The molecule has 0 saturated carbocycles. The summed E-state index contributed by atoms with van der Waals surface area (Å²) >= 11 is 3.41. The van der Waals surface area contributed by atoms with Crippen molar-refractivity contribution in [3.8, 4) is 5.75 Å². The lowest BCUT2D eigenvalue weighted by Crippen LogP contribution is -2.36. The fourth-order valence-corrected chi connectivity index (χ4v) is 2.62. The monoisotopic (exact) mass is 363 g/mol. The van der Waals surface area contributed by atoms with Crippen LogP contribution in [0.2, 0.25) is 0 Å². The zero-order chi connectivity index (χ0) is 15.9. The van der Waals surface area contributed by atoms with E-state index < -0.39 is 6.10 Å². The fourth-order valence-electron chi connectivity index (χ4n) is 2.35. The third-order valence-electron chi connectivity index (χ3n) is 3.57. The van der Waals surface area contributed by atoms with Gasteiger partial charge in [-0.15, -0.1) is 0 Å². The smallest absolute Gasteiger partial charge is 0.127 e. The quantitative estimate of drug-likeness (QED) is 0.799. The van der Waals surface area contributed by atoms with Crippen LogP contribution in [0.25, 0.3) is 0 Å². The molecule has 0 bridgehead atoms. The largest absolute Gasteiger partial charge is 0.487 e. The number of nitrogens with zero attached hydrogens (tertiary/aromatic N) is 1. The zero-order valence-corrected chi connectivity index (χ0v) is 14.5. The van der Waals surface area contributed by atoms with Gasteiger partial charge in [0, 0.05) is 16.9 Å². The summed E-state index contributed by atoms with van der Waals surface area (Å²) in [5, 5.41) is 10.5. The Bertz CT molecular complexity index is 557. The predicted molar refractivity (Wildman–Crippen MR) is 92.0 cm³/mol. The standard InChI is InChI=1S/C18H22BrNO2/c1-13(2)18(22-16-8-6-15(19)7-9-16)17(21)10-5-14-4-3-11-20-12-14/h3-4,6-9,11-13,17-18,21H,5,10H2,1-2H3/t17?,18-/m0/s1. The van der Waals surface area contributed by atoms with Gasteiger partial charge in [0.25, 0.3) is 0 Å². The number of aliphatic hydroxyl groups excluding tert-OH is 1. The van der Waals surface area contributed by atoms with Gasteiger partial charge in [-0.1, -0.05) is 35.8 Å². The Balaban J connectivity index is 1.96. The first-order chi connectivity index (χ1) is 10.6. The summed E-state index contributed by atoms with van der Waals surface area (Å²) < 4.78 is 7.01. The molecule has 0 aliphatic heterocycles. The normalized spacial score (nSPS) is 13.9. The van der Waals surface area contributed by atoms with Gasteiger partial charge < -0.3 is 9.84 Å². The molecule has 1 aromatic carbocycles. The molecule has 3 nitrogen and oxygen atoms in total. The molecule has 0 fully saturated rings. The maximum Gasteiger partial charge on any atom is 0.127 e. The number of aryl methyl sites for hydroxylation is 1. The van der Waals surface area contributed by atoms with Crippen LogP contribution < -0.4 is 4.74 Å². The van der Waals surface area contributed by atoms with E-state index in [0.717, 1.165) is 22.2 Å². The fraction of sp³-hybridized carbons (Fsp3) is 0.389. The molecule has 0 spiro atoms. The number of ether oxygens (including phenoxy) is 1. The first-order valence-electron chi connectivity index (χ1n) is 7.55. The number of hydrogen-bond acceptors (Lipinski definition) is 3. The van der Waals surface area contributed by atoms with E-state index >= 15 is 0 Å². The molecule has 2 aromatic rings. The van der Waals surface area contributed by atoms with Gasteiger partial charge in [0.05, 0.1) is 6.10 Å². The van der Waals surface area contributed by atoms with Crippen LogP contribution in [0.1, 0.15) is 25.8 Å². The molecule has 118 valence electrons. The third-order valence-corrected chi connectivity index (χ3v) is 4.10. The molecule has 1 unspecified atom stereocenters. The summed E-state index contributed by atoms with van der Waals surface area (Å²) in [6.45, 7) is 4.13. The van der Waals surface area contributed by atoms with E-state index in [9.17, 15) is 5.11 Å². The van der Waals surface area contributed by atoms with E-state index in [2.05, 4.69) is 34.8 Å². The Morgan fingerprint density at radius 3 is 2.50 bits per heavy atom. The van der Waals surface area contributed by atoms with Gasteiger partial charge in [0.2, 0.25) is 0 Å². The summed E-state index contributed by atoms with van der Waals surface area (Å²) in [5.74, 6) is 1.01. The summed E-state index contributed by atoms with van der Waals surface area (Å²) in [5.41, 5.74) is 1.13. The van der Waals surface area contributed by atoms with Crippen molar-refractivity contribution in [1.29, 1.82) is 0 Å². The molecule has 4 heteroatoms.